The van der Waals surface area contributed by atoms with Crippen molar-refractivity contribution >= 4 is 40.0 Å². The van der Waals surface area contributed by atoms with Crippen LogP contribution in [-0.2, 0) is 9.59 Å². The third-order valence-corrected chi connectivity index (χ3v) is 6.46. The molecule has 5 N–H and O–H groups in total. The number of rotatable bonds is 8. The number of carbonyl (C=O) groups is 3. The number of halogens is 1. The summed E-state index contributed by atoms with van der Waals surface area (Å²) in [7, 11) is 1.44. The molecule has 0 saturated heterocycles. The van der Waals surface area contributed by atoms with Crippen molar-refractivity contribution in [2.45, 2.75) is 12.8 Å². The number of nitrogens with one attached hydrogen (secondary N) is 3. The van der Waals surface area contributed by atoms with Gasteiger partial charge in [-0.2, -0.15) is 0 Å². The number of fused-ring (bicyclic) bond motifs is 1. The van der Waals surface area contributed by atoms with Crippen LogP contribution in [0.3, 0.4) is 0 Å². The van der Waals surface area contributed by atoms with Crippen molar-refractivity contribution in [2.24, 2.45) is 11.3 Å². The molecule has 1 aliphatic carbocycles. The highest BCUT2D eigenvalue weighted by molar-refractivity contribution is 6.16. The number of amides is 3. The lowest BCUT2D eigenvalue weighted by Crippen LogP contribution is -2.35. The van der Waals surface area contributed by atoms with Crippen LogP contribution in [0.4, 0.5) is 15.8 Å². The van der Waals surface area contributed by atoms with E-state index in [1.807, 2.05) is 0 Å². The number of aromatic nitrogens is 1. The van der Waals surface area contributed by atoms with Crippen LogP contribution in [0.1, 0.15) is 23.2 Å². The number of methoxy groups -OCH3 is 1. The molecule has 3 amide bonds. The van der Waals surface area contributed by atoms with E-state index >= 15 is 0 Å². The molecule has 0 bridgehead atoms. The van der Waals surface area contributed by atoms with Gasteiger partial charge in [-0.05, 0) is 73.5 Å². The Balaban J connectivity index is 1.29. The van der Waals surface area contributed by atoms with Gasteiger partial charge in [-0.1, -0.05) is 0 Å². The predicted molar refractivity (Wildman–Crippen MR) is 142 cm³/mol. The molecule has 1 heterocycles. The average Bonchev–Trinajstić information content (AvgIpc) is 3.77. The average molecular weight is 530 g/mol. The van der Waals surface area contributed by atoms with Crippen LogP contribution in [0.5, 0.6) is 17.2 Å². The van der Waals surface area contributed by atoms with Gasteiger partial charge >= 0.3 is 0 Å². The van der Waals surface area contributed by atoms with Gasteiger partial charge in [-0.25, -0.2) is 10.2 Å². The van der Waals surface area contributed by atoms with Gasteiger partial charge < -0.3 is 20.1 Å². The van der Waals surface area contributed by atoms with Crippen LogP contribution in [0, 0.1) is 11.2 Å². The second-order valence-corrected chi connectivity index (χ2v) is 8.98. The number of hydrazine groups is 1. The first-order valence-corrected chi connectivity index (χ1v) is 12.0. The maximum Gasteiger partial charge on any atom is 0.268 e. The molecule has 1 saturated carbocycles. The second-order valence-electron chi connectivity index (χ2n) is 8.98. The zero-order valence-electron chi connectivity index (χ0n) is 20.8. The summed E-state index contributed by atoms with van der Waals surface area (Å²) in [6, 6.07) is 16.8. The highest BCUT2D eigenvalue weighted by Crippen LogP contribution is 2.47. The van der Waals surface area contributed by atoms with Gasteiger partial charge in [0.1, 0.15) is 28.5 Å². The van der Waals surface area contributed by atoms with Crippen LogP contribution in [0.2, 0.25) is 0 Å². The van der Waals surface area contributed by atoms with Crippen molar-refractivity contribution in [3.8, 4) is 17.2 Å². The fourth-order valence-corrected chi connectivity index (χ4v) is 4.11. The summed E-state index contributed by atoms with van der Waals surface area (Å²) in [5.41, 5.74) is 2.60. The summed E-state index contributed by atoms with van der Waals surface area (Å²) >= 11 is 0. The zero-order chi connectivity index (χ0) is 27.6. The maximum absolute atomic E-state index is 13.1. The van der Waals surface area contributed by atoms with E-state index in [1.54, 1.807) is 48.7 Å². The smallest absolute Gasteiger partial charge is 0.268 e. The molecule has 1 fully saturated rings. The number of nitrogen functional groups attached to an aromatic ring is 1. The quantitative estimate of drug-likeness (QED) is 0.116. The molecule has 3 aromatic carbocycles. The summed E-state index contributed by atoms with van der Waals surface area (Å²) in [5.74, 6) is 4.73. The van der Waals surface area contributed by atoms with Gasteiger partial charge in [0.05, 0.1) is 18.2 Å². The minimum Gasteiger partial charge on any atom is -0.496 e. The Bertz CT molecular complexity index is 1570. The Labute approximate surface area is 222 Å². The number of nitrogens with zero attached hydrogens (tertiary/aromatic N) is 1. The normalized spacial score (nSPS) is 13.3. The lowest BCUT2D eigenvalue weighted by Gasteiger charge is -2.16. The number of nitrogens with two attached hydrogens (primary N) is 1. The third-order valence-electron chi connectivity index (χ3n) is 6.46. The molecule has 0 aliphatic heterocycles. The Morgan fingerprint density at radius 3 is 2.08 bits per heavy atom. The Hall–Kier alpha value is -5.03. The highest BCUT2D eigenvalue weighted by atomic mass is 19.1. The summed E-state index contributed by atoms with van der Waals surface area (Å²) < 4.78 is 24.5. The minimum atomic E-state index is -1.17. The van der Waals surface area contributed by atoms with E-state index in [4.69, 9.17) is 15.3 Å². The van der Waals surface area contributed by atoms with Crippen molar-refractivity contribution < 1.29 is 28.2 Å². The van der Waals surface area contributed by atoms with Gasteiger partial charge in [0, 0.05) is 29.0 Å². The molecule has 0 unspecified atom stereocenters. The van der Waals surface area contributed by atoms with E-state index in [0.717, 1.165) is 0 Å². The number of hydrogen-bond donors (Lipinski definition) is 4. The fraction of sp³-hybridized carbons (Fsp3) is 0.143. The van der Waals surface area contributed by atoms with E-state index < -0.39 is 29.0 Å². The fourth-order valence-electron chi connectivity index (χ4n) is 4.11. The van der Waals surface area contributed by atoms with E-state index in [-0.39, 0.29) is 5.56 Å². The number of pyridine rings is 1. The van der Waals surface area contributed by atoms with Crippen LogP contribution >= 0.6 is 0 Å². The lowest BCUT2D eigenvalue weighted by atomic mass is 10.0. The number of benzene rings is 3. The molecule has 4 aromatic rings. The van der Waals surface area contributed by atoms with Crippen LogP contribution in [-0.4, -0.2) is 29.8 Å². The van der Waals surface area contributed by atoms with Crippen LogP contribution in [0.25, 0.3) is 10.9 Å². The van der Waals surface area contributed by atoms with Crippen molar-refractivity contribution in [1.82, 2.24) is 10.4 Å². The van der Waals surface area contributed by atoms with Crippen molar-refractivity contribution in [1.29, 1.82) is 0 Å². The lowest BCUT2D eigenvalue weighted by molar-refractivity contribution is -0.131. The standard InChI is InChI=1S/C28H24FN5O5/c1-38-24-15-22-20(14-21(24)25(35)34-30)23(10-13-31-22)39-19-8-6-18(7-9-19)33-27(37)28(11-12-28)26(36)32-17-4-2-16(29)3-5-17/h2-10,13-15H,11-12,30H2,1H3,(H,32,36)(H,33,37)(H,34,35). The van der Waals surface area contributed by atoms with Crippen molar-refractivity contribution in [2.75, 3.05) is 17.7 Å². The molecule has 0 radical (unpaired) electrons. The second kappa shape index (κ2) is 10.4. The Kier molecular flexibility index (Phi) is 6.82. The van der Waals surface area contributed by atoms with E-state index in [9.17, 15) is 18.8 Å². The molecule has 0 atom stereocenters. The van der Waals surface area contributed by atoms with Crippen LogP contribution in [0.15, 0.2) is 72.9 Å². The molecular weight excluding hydrogens is 505 g/mol. The molecular formula is C28H24FN5O5. The number of anilines is 2. The number of carbonyl (C=O) groups excluding carboxylic acids is 3. The molecule has 10 nitrogen and oxygen atoms in total. The van der Waals surface area contributed by atoms with Gasteiger partial charge in [-0.15, -0.1) is 0 Å². The summed E-state index contributed by atoms with van der Waals surface area (Å²) in [4.78, 5) is 42.2. The highest BCUT2D eigenvalue weighted by Gasteiger charge is 2.56. The third kappa shape index (κ3) is 5.20. The van der Waals surface area contributed by atoms with E-state index in [0.29, 0.717) is 52.4 Å². The molecule has 0 spiro atoms. The Morgan fingerprint density at radius 1 is 0.897 bits per heavy atom. The molecule has 1 aromatic heterocycles. The summed E-state index contributed by atoms with van der Waals surface area (Å²) in [5, 5.41) is 6.03. The molecule has 198 valence electrons. The van der Waals surface area contributed by atoms with Gasteiger partial charge in [-0.3, -0.25) is 24.8 Å². The topological polar surface area (TPSA) is 145 Å². The van der Waals surface area contributed by atoms with E-state index in [2.05, 4.69) is 21.0 Å². The number of ether oxygens (including phenoxy) is 2. The SMILES string of the molecule is COc1cc2nccc(Oc3ccc(NC(=O)C4(C(=O)Nc5ccc(F)cc5)CC4)cc3)c2cc1C(=O)NN. The molecule has 39 heavy (non-hydrogen) atoms. The van der Waals surface area contributed by atoms with Crippen molar-refractivity contribution in [3.05, 3.63) is 84.3 Å². The van der Waals surface area contributed by atoms with Gasteiger partial charge in [0.2, 0.25) is 11.8 Å². The summed E-state index contributed by atoms with van der Waals surface area (Å²) in [6.07, 6.45) is 2.40. The Morgan fingerprint density at radius 2 is 1.51 bits per heavy atom. The minimum absolute atomic E-state index is 0.223. The molecule has 1 aliphatic rings. The first kappa shape index (κ1) is 25.6. The predicted octanol–water partition coefficient (Wildman–Crippen LogP) is 4.14. The first-order chi connectivity index (χ1) is 18.8. The number of hydrogen-bond acceptors (Lipinski definition) is 7. The zero-order valence-corrected chi connectivity index (χ0v) is 20.8. The molecule has 11 heteroatoms. The molecule has 5 rings (SSSR count). The van der Waals surface area contributed by atoms with Gasteiger partial charge in [0.15, 0.2) is 0 Å². The van der Waals surface area contributed by atoms with Crippen molar-refractivity contribution in [3.63, 3.8) is 0 Å². The monoisotopic (exact) mass is 529 g/mol. The summed E-state index contributed by atoms with van der Waals surface area (Å²) in [6.45, 7) is 0. The maximum atomic E-state index is 13.1. The van der Waals surface area contributed by atoms with E-state index in [1.165, 1.54) is 31.4 Å². The van der Waals surface area contributed by atoms with Crippen LogP contribution < -0.4 is 31.4 Å². The van der Waals surface area contributed by atoms with Gasteiger partial charge in [0.25, 0.3) is 5.91 Å². The first-order valence-electron chi connectivity index (χ1n) is 12.0. The largest absolute Gasteiger partial charge is 0.496 e.